The zero-order valence-electron chi connectivity index (χ0n) is 13.3. The van der Waals surface area contributed by atoms with E-state index in [0.29, 0.717) is 10.6 Å². The highest BCUT2D eigenvalue weighted by Crippen LogP contribution is 2.11. The van der Waals surface area contributed by atoms with Crippen molar-refractivity contribution in [2.45, 2.75) is 32.6 Å². The van der Waals surface area contributed by atoms with Gasteiger partial charge in [-0.3, -0.25) is 4.79 Å². The zero-order chi connectivity index (χ0) is 16.5. The first-order valence-electron chi connectivity index (χ1n) is 7.88. The molecule has 4 heteroatoms. The van der Waals surface area contributed by atoms with E-state index in [2.05, 4.69) is 17.5 Å². The third-order valence-corrected chi connectivity index (χ3v) is 3.74. The Balaban J connectivity index is 2.11. The Hall–Kier alpha value is -2.13. The van der Waals surface area contributed by atoms with Crippen LogP contribution in [0.4, 0.5) is 0 Å². The van der Waals surface area contributed by atoms with E-state index in [1.165, 1.54) is 0 Å². The Bertz CT molecular complexity index is 668. The SMILES string of the molecule is CCCCCC(=NNC(=O)c1cccc(Cl)c1)c1ccccc1. The van der Waals surface area contributed by atoms with Crippen LogP contribution in [0.1, 0.15) is 48.5 Å². The van der Waals surface area contributed by atoms with E-state index in [-0.39, 0.29) is 5.91 Å². The van der Waals surface area contributed by atoms with E-state index in [4.69, 9.17) is 11.6 Å². The van der Waals surface area contributed by atoms with Gasteiger partial charge in [-0.1, -0.05) is 67.8 Å². The second kappa shape index (κ2) is 9.11. The highest BCUT2D eigenvalue weighted by molar-refractivity contribution is 6.30. The molecule has 0 unspecified atom stereocenters. The normalized spacial score (nSPS) is 11.3. The molecule has 0 radical (unpaired) electrons. The molecule has 0 heterocycles. The lowest BCUT2D eigenvalue weighted by atomic mass is 10.0. The molecule has 0 aliphatic rings. The molecule has 23 heavy (non-hydrogen) atoms. The van der Waals surface area contributed by atoms with Gasteiger partial charge in [-0.2, -0.15) is 5.10 Å². The quantitative estimate of drug-likeness (QED) is 0.431. The van der Waals surface area contributed by atoms with Crippen molar-refractivity contribution in [3.63, 3.8) is 0 Å². The Morgan fingerprint density at radius 3 is 2.48 bits per heavy atom. The van der Waals surface area contributed by atoms with Gasteiger partial charge in [0.1, 0.15) is 0 Å². The maximum atomic E-state index is 12.2. The van der Waals surface area contributed by atoms with E-state index in [1.54, 1.807) is 24.3 Å². The molecule has 2 rings (SSSR count). The van der Waals surface area contributed by atoms with Crippen LogP contribution in [-0.2, 0) is 0 Å². The maximum absolute atomic E-state index is 12.2. The number of benzene rings is 2. The summed E-state index contributed by atoms with van der Waals surface area (Å²) in [6.07, 6.45) is 4.19. The summed E-state index contributed by atoms with van der Waals surface area (Å²) in [6.45, 7) is 2.17. The molecule has 0 aromatic heterocycles. The predicted molar refractivity (Wildman–Crippen MR) is 96.0 cm³/mol. The lowest BCUT2D eigenvalue weighted by molar-refractivity contribution is 0.0955. The molecular formula is C19H21ClN2O. The van der Waals surface area contributed by atoms with Gasteiger partial charge in [-0.05, 0) is 36.6 Å². The van der Waals surface area contributed by atoms with Gasteiger partial charge in [-0.15, -0.1) is 0 Å². The third kappa shape index (κ3) is 5.53. The number of hydrogen-bond donors (Lipinski definition) is 1. The summed E-state index contributed by atoms with van der Waals surface area (Å²) in [5, 5.41) is 4.88. The van der Waals surface area contributed by atoms with Crippen LogP contribution < -0.4 is 5.43 Å². The van der Waals surface area contributed by atoms with Gasteiger partial charge < -0.3 is 0 Å². The molecule has 0 saturated heterocycles. The maximum Gasteiger partial charge on any atom is 0.271 e. The van der Waals surface area contributed by atoms with Crippen molar-refractivity contribution in [1.29, 1.82) is 0 Å². The van der Waals surface area contributed by atoms with Gasteiger partial charge in [0, 0.05) is 10.6 Å². The largest absolute Gasteiger partial charge is 0.271 e. The fraction of sp³-hybridized carbons (Fsp3) is 0.263. The van der Waals surface area contributed by atoms with Gasteiger partial charge in [0.05, 0.1) is 5.71 Å². The van der Waals surface area contributed by atoms with Crippen LogP contribution >= 0.6 is 11.6 Å². The number of nitrogens with one attached hydrogen (secondary N) is 1. The van der Waals surface area contributed by atoms with Crippen LogP contribution in [0, 0.1) is 0 Å². The smallest absolute Gasteiger partial charge is 0.267 e. The number of carbonyl (C=O) groups excluding carboxylic acids is 1. The molecule has 2 aromatic carbocycles. The van der Waals surface area contributed by atoms with E-state index in [1.807, 2.05) is 30.3 Å². The molecule has 2 aromatic rings. The molecule has 0 aliphatic heterocycles. The molecule has 1 N–H and O–H groups in total. The average molecular weight is 329 g/mol. The van der Waals surface area contributed by atoms with Gasteiger partial charge >= 0.3 is 0 Å². The number of amides is 1. The van der Waals surface area contributed by atoms with E-state index < -0.39 is 0 Å². The summed E-state index contributed by atoms with van der Waals surface area (Å²) in [7, 11) is 0. The second-order valence-corrected chi connectivity index (χ2v) is 5.77. The third-order valence-electron chi connectivity index (χ3n) is 3.50. The molecule has 0 spiro atoms. The van der Waals surface area contributed by atoms with Crippen LogP contribution in [0.3, 0.4) is 0 Å². The van der Waals surface area contributed by atoms with Crippen molar-refractivity contribution in [1.82, 2.24) is 5.43 Å². The fourth-order valence-electron chi connectivity index (χ4n) is 2.25. The zero-order valence-corrected chi connectivity index (χ0v) is 14.0. The van der Waals surface area contributed by atoms with E-state index in [9.17, 15) is 4.79 Å². The van der Waals surface area contributed by atoms with Crippen LogP contribution in [-0.4, -0.2) is 11.6 Å². The Labute approximate surface area is 142 Å². The summed E-state index contributed by atoms with van der Waals surface area (Å²) >= 11 is 5.92. The highest BCUT2D eigenvalue weighted by Gasteiger charge is 2.07. The summed E-state index contributed by atoms with van der Waals surface area (Å²) in [5.41, 5.74) is 5.08. The van der Waals surface area contributed by atoms with Gasteiger partial charge in [-0.25, -0.2) is 5.43 Å². The lowest BCUT2D eigenvalue weighted by Gasteiger charge is -2.07. The van der Waals surface area contributed by atoms with Crippen LogP contribution in [0.25, 0.3) is 0 Å². The molecule has 1 amide bonds. The molecule has 0 bridgehead atoms. The first-order chi connectivity index (χ1) is 11.2. The second-order valence-electron chi connectivity index (χ2n) is 5.33. The molecular weight excluding hydrogens is 308 g/mol. The highest BCUT2D eigenvalue weighted by atomic mass is 35.5. The Kier molecular flexibility index (Phi) is 6.82. The topological polar surface area (TPSA) is 41.5 Å². The first kappa shape index (κ1) is 17.2. The van der Waals surface area contributed by atoms with E-state index >= 15 is 0 Å². The Morgan fingerprint density at radius 2 is 1.78 bits per heavy atom. The number of halogens is 1. The molecule has 3 nitrogen and oxygen atoms in total. The van der Waals surface area contributed by atoms with Crippen LogP contribution in [0.5, 0.6) is 0 Å². The van der Waals surface area contributed by atoms with Gasteiger partial charge in [0.25, 0.3) is 5.91 Å². The molecule has 0 aliphatic carbocycles. The fourth-order valence-corrected chi connectivity index (χ4v) is 2.44. The van der Waals surface area contributed by atoms with Crippen molar-refractivity contribution in [3.05, 3.63) is 70.7 Å². The number of unbranched alkanes of at least 4 members (excludes halogenated alkanes) is 2. The standard InChI is InChI=1S/C19H21ClN2O/c1-2-3-5-13-18(15-9-6-4-7-10-15)21-22-19(23)16-11-8-12-17(20)14-16/h4,6-12,14H,2-3,5,13H2,1H3,(H,22,23). The van der Waals surface area contributed by atoms with Crippen LogP contribution in [0.15, 0.2) is 59.7 Å². The van der Waals surface area contributed by atoms with Crippen molar-refractivity contribution in [2.75, 3.05) is 0 Å². The number of nitrogens with zero attached hydrogens (tertiary/aromatic N) is 1. The number of carbonyl (C=O) groups is 1. The summed E-state index contributed by atoms with van der Waals surface area (Å²) in [6, 6.07) is 16.8. The Morgan fingerprint density at radius 1 is 1.04 bits per heavy atom. The van der Waals surface area contributed by atoms with Crippen molar-refractivity contribution in [2.24, 2.45) is 5.10 Å². The van der Waals surface area contributed by atoms with Crippen molar-refractivity contribution < 1.29 is 4.79 Å². The lowest BCUT2D eigenvalue weighted by Crippen LogP contribution is -2.20. The van der Waals surface area contributed by atoms with Crippen LogP contribution in [0.2, 0.25) is 5.02 Å². The minimum absolute atomic E-state index is 0.253. The van der Waals surface area contributed by atoms with E-state index in [0.717, 1.165) is 37.0 Å². The predicted octanol–water partition coefficient (Wildman–Crippen LogP) is 5.05. The minimum atomic E-state index is -0.253. The summed E-state index contributed by atoms with van der Waals surface area (Å²) in [5.74, 6) is -0.253. The minimum Gasteiger partial charge on any atom is -0.267 e. The molecule has 0 fully saturated rings. The number of rotatable bonds is 7. The molecule has 0 saturated carbocycles. The molecule has 120 valence electrons. The molecule has 0 atom stereocenters. The van der Waals surface area contributed by atoms with Crippen molar-refractivity contribution >= 4 is 23.2 Å². The first-order valence-corrected chi connectivity index (χ1v) is 8.26. The summed E-state index contributed by atoms with van der Waals surface area (Å²) < 4.78 is 0. The van der Waals surface area contributed by atoms with Gasteiger partial charge in [0.2, 0.25) is 0 Å². The van der Waals surface area contributed by atoms with Gasteiger partial charge in [0.15, 0.2) is 0 Å². The monoisotopic (exact) mass is 328 g/mol. The number of hydrogen-bond acceptors (Lipinski definition) is 2. The van der Waals surface area contributed by atoms with Crippen molar-refractivity contribution in [3.8, 4) is 0 Å². The summed E-state index contributed by atoms with van der Waals surface area (Å²) in [4.78, 5) is 12.2. The average Bonchev–Trinajstić information content (AvgIpc) is 2.58. The number of hydrazone groups is 1.